The van der Waals surface area contributed by atoms with Gasteiger partial charge in [0, 0.05) is 17.0 Å². The number of nitrogens with zero attached hydrogens (tertiary/aromatic N) is 1. The average molecular weight is 284 g/mol. The van der Waals surface area contributed by atoms with Crippen molar-refractivity contribution in [1.82, 2.24) is 4.90 Å². The van der Waals surface area contributed by atoms with E-state index in [9.17, 15) is 4.79 Å². The molecule has 1 aromatic rings. The third-order valence-electron chi connectivity index (χ3n) is 2.55. The normalized spacial score (nSPS) is 11.2. The Hall–Kier alpha value is -0.930. The molecule has 0 saturated carbocycles. The van der Waals surface area contributed by atoms with Gasteiger partial charge in [0.25, 0.3) is 5.91 Å². The molecule has 2 nitrogen and oxygen atoms in total. The molecular formula is C14H18ClNOS. The summed E-state index contributed by atoms with van der Waals surface area (Å²) < 4.78 is 0. The maximum absolute atomic E-state index is 12.5. The predicted octanol–water partition coefficient (Wildman–Crippen LogP) is 4.06. The van der Waals surface area contributed by atoms with Crippen molar-refractivity contribution in [3.63, 3.8) is 0 Å². The standard InChI is InChI=1S/C14H18ClNOS/c1-5-8-16(14(2,3)4)13(17)11-9-10(18)6-7-12(11)15/h5-7,9,18H,1,8H2,2-4H3. The first kappa shape index (κ1) is 15.1. The molecule has 0 aliphatic rings. The van der Waals surface area contributed by atoms with Crippen molar-refractivity contribution < 1.29 is 4.79 Å². The SMILES string of the molecule is C=CCN(C(=O)c1cc(S)ccc1Cl)C(C)(C)C. The van der Waals surface area contributed by atoms with Gasteiger partial charge >= 0.3 is 0 Å². The second-order valence-corrected chi connectivity index (χ2v) is 5.96. The molecule has 4 heteroatoms. The van der Waals surface area contributed by atoms with Crippen LogP contribution in [0.15, 0.2) is 35.7 Å². The third kappa shape index (κ3) is 3.53. The second-order valence-electron chi connectivity index (χ2n) is 5.04. The van der Waals surface area contributed by atoms with Crippen LogP contribution in [0.4, 0.5) is 0 Å². The molecule has 0 bridgehead atoms. The van der Waals surface area contributed by atoms with Gasteiger partial charge in [-0.05, 0) is 39.0 Å². The average Bonchev–Trinajstić information content (AvgIpc) is 2.27. The summed E-state index contributed by atoms with van der Waals surface area (Å²) in [6.07, 6.45) is 1.71. The quantitative estimate of drug-likeness (QED) is 0.655. The van der Waals surface area contributed by atoms with Crippen LogP contribution in [-0.2, 0) is 0 Å². The highest BCUT2D eigenvalue weighted by atomic mass is 35.5. The van der Waals surface area contributed by atoms with E-state index in [1.807, 2.05) is 20.8 Å². The van der Waals surface area contributed by atoms with E-state index in [-0.39, 0.29) is 11.4 Å². The van der Waals surface area contributed by atoms with E-state index in [1.54, 1.807) is 29.2 Å². The summed E-state index contributed by atoms with van der Waals surface area (Å²) in [4.78, 5) is 15.0. The van der Waals surface area contributed by atoms with Gasteiger partial charge in [0.05, 0.1) is 10.6 Å². The fourth-order valence-electron chi connectivity index (χ4n) is 1.61. The van der Waals surface area contributed by atoms with Crippen molar-refractivity contribution in [2.45, 2.75) is 31.2 Å². The number of halogens is 1. The maximum Gasteiger partial charge on any atom is 0.256 e. The van der Waals surface area contributed by atoms with Crippen LogP contribution in [0.1, 0.15) is 31.1 Å². The number of rotatable bonds is 3. The summed E-state index contributed by atoms with van der Waals surface area (Å²) in [5.74, 6) is -0.108. The topological polar surface area (TPSA) is 20.3 Å². The Morgan fingerprint density at radius 2 is 2.11 bits per heavy atom. The number of hydrogen-bond acceptors (Lipinski definition) is 2. The van der Waals surface area contributed by atoms with Crippen LogP contribution in [0.5, 0.6) is 0 Å². The first-order valence-corrected chi connectivity index (χ1v) is 6.51. The molecule has 1 rings (SSSR count). The van der Waals surface area contributed by atoms with E-state index >= 15 is 0 Å². The number of thiol groups is 1. The fraction of sp³-hybridized carbons (Fsp3) is 0.357. The molecule has 0 aromatic heterocycles. The zero-order valence-electron chi connectivity index (χ0n) is 10.9. The van der Waals surface area contributed by atoms with Crippen molar-refractivity contribution >= 4 is 30.1 Å². The highest BCUT2D eigenvalue weighted by Gasteiger charge is 2.27. The van der Waals surface area contributed by atoms with E-state index in [1.165, 1.54) is 0 Å². The molecule has 0 aliphatic carbocycles. The summed E-state index contributed by atoms with van der Waals surface area (Å²) in [6.45, 7) is 10.1. The van der Waals surface area contributed by atoms with Gasteiger partial charge in [0.1, 0.15) is 0 Å². The number of carbonyl (C=O) groups excluding carboxylic acids is 1. The van der Waals surface area contributed by atoms with Gasteiger partial charge in [0.2, 0.25) is 0 Å². The minimum Gasteiger partial charge on any atom is -0.330 e. The largest absolute Gasteiger partial charge is 0.330 e. The second kappa shape index (κ2) is 5.81. The zero-order valence-corrected chi connectivity index (χ0v) is 12.6. The first-order chi connectivity index (χ1) is 8.27. The lowest BCUT2D eigenvalue weighted by molar-refractivity contribution is 0.0616. The number of benzene rings is 1. The Morgan fingerprint density at radius 1 is 1.50 bits per heavy atom. The Balaban J connectivity index is 3.17. The van der Waals surface area contributed by atoms with Gasteiger partial charge in [-0.1, -0.05) is 17.7 Å². The van der Waals surface area contributed by atoms with Crippen molar-refractivity contribution in [3.05, 3.63) is 41.4 Å². The molecule has 18 heavy (non-hydrogen) atoms. The number of amides is 1. The first-order valence-electron chi connectivity index (χ1n) is 5.68. The molecule has 0 unspecified atom stereocenters. The van der Waals surface area contributed by atoms with E-state index < -0.39 is 0 Å². The Bertz CT molecular complexity index is 465. The van der Waals surface area contributed by atoms with E-state index in [2.05, 4.69) is 19.2 Å². The molecule has 1 amide bonds. The van der Waals surface area contributed by atoms with Gasteiger partial charge in [0.15, 0.2) is 0 Å². The molecule has 98 valence electrons. The lowest BCUT2D eigenvalue weighted by Gasteiger charge is -2.35. The Kier molecular flexibility index (Phi) is 4.88. The van der Waals surface area contributed by atoms with Crippen molar-refractivity contribution in [2.75, 3.05) is 6.54 Å². The van der Waals surface area contributed by atoms with Crippen molar-refractivity contribution in [1.29, 1.82) is 0 Å². The monoisotopic (exact) mass is 283 g/mol. The summed E-state index contributed by atoms with van der Waals surface area (Å²) in [5, 5.41) is 0.441. The molecule has 0 N–H and O–H groups in total. The molecule has 0 atom stereocenters. The minimum absolute atomic E-state index is 0.108. The minimum atomic E-state index is -0.290. The number of hydrogen-bond donors (Lipinski definition) is 1. The lowest BCUT2D eigenvalue weighted by Crippen LogP contribution is -2.45. The van der Waals surface area contributed by atoms with E-state index in [0.29, 0.717) is 17.1 Å². The van der Waals surface area contributed by atoms with Crippen LogP contribution in [0.2, 0.25) is 5.02 Å². The predicted molar refractivity (Wildman–Crippen MR) is 79.7 cm³/mol. The van der Waals surface area contributed by atoms with Crippen LogP contribution in [0.25, 0.3) is 0 Å². The van der Waals surface area contributed by atoms with Crippen LogP contribution in [0.3, 0.4) is 0 Å². The Morgan fingerprint density at radius 3 is 2.61 bits per heavy atom. The lowest BCUT2D eigenvalue weighted by atomic mass is 10.0. The molecule has 0 spiro atoms. The molecule has 0 saturated heterocycles. The van der Waals surface area contributed by atoms with Crippen LogP contribution in [0, 0.1) is 0 Å². The van der Waals surface area contributed by atoms with Gasteiger partial charge in [-0.15, -0.1) is 19.2 Å². The Labute approximate surface area is 119 Å². The highest BCUT2D eigenvalue weighted by molar-refractivity contribution is 7.80. The molecule has 1 aromatic carbocycles. The van der Waals surface area contributed by atoms with Crippen LogP contribution in [-0.4, -0.2) is 22.9 Å². The van der Waals surface area contributed by atoms with Gasteiger partial charge in [-0.25, -0.2) is 0 Å². The number of carbonyl (C=O) groups is 1. The van der Waals surface area contributed by atoms with Crippen LogP contribution < -0.4 is 0 Å². The van der Waals surface area contributed by atoms with E-state index in [4.69, 9.17) is 11.6 Å². The summed E-state index contributed by atoms with van der Waals surface area (Å²) >= 11 is 10.3. The van der Waals surface area contributed by atoms with E-state index in [0.717, 1.165) is 4.90 Å². The fourth-order valence-corrected chi connectivity index (χ4v) is 2.02. The van der Waals surface area contributed by atoms with Crippen LogP contribution >= 0.6 is 24.2 Å². The summed E-state index contributed by atoms with van der Waals surface area (Å²) in [6, 6.07) is 5.14. The zero-order chi connectivity index (χ0) is 13.9. The molecule has 0 radical (unpaired) electrons. The van der Waals surface area contributed by atoms with Gasteiger partial charge in [-0.3, -0.25) is 4.79 Å². The smallest absolute Gasteiger partial charge is 0.256 e. The summed E-state index contributed by atoms with van der Waals surface area (Å²) in [7, 11) is 0. The summed E-state index contributed by atoms with van der Waals surface area (Å²) in [5.41, 5.74) is 0.183. The molecule has 0 fully saturated rings. The maximum atomic E-state index is 12.5. The van der Waals surface area contributed by atoms with Gasteiger partial charge in [-0.2, -0.15) is 0 Å². The van der Waals surface area contributed by atoms with Crippen molar-refractivity contribution in [3.8, 4) is 0 Å². The van der Waals surface area contributed by atoms with Crippen molar-refractivity contribution in [2.24, 2.45) is 0 Å². The molecular weight excluding hydrogens is 266 g/mol. The highest BCUT2D eigenvalue weighted by Crippen LogP contribution is 2.24. The van der Waals surface area contributed by atoms with Gasteiger partial charge < -0.3 is 4.90 Å². The molecule has 0 aliphatic heterocycles. The molecule has 0 heterocycles. The third-order valence-corrected chi connectivity index (χ3v) is 3.15.